The summed E-state index contributed by atoms with van der Waals surface area (Å²) in [6, 6.07) is -2.05. The number of hydroxylamine groups is 2. The van der Waals surface area contributed by atoms with Gasteiger partial charge in [0.25, 0.3) is 0 Å². The minimum atomic E-state index is -0.935. The van der Waals surface area contributed by atoms with Gasteiger partial charge in [0, 0.05) is 6.54 Å². The first-order valence-corrected chi connectivity index (χ1v) is 9.00. The van der Waals surface area contributed by atoms with Crippen LogP contribution in [0.4, 0.5) is 0 Å². The molecule has 0 aromatic rings. The second kappa shape index (κ2) is 14.3. The molecule has 1 saturated heterocycles. The summed E-state index contributed by atoms with van der Waals surface area (Å²) in [5, 5.41) is 34.7. The summed E-state index contributed by atoms with van der Waals surface area (Å²) in [4.78, 5) is 30.5. The molecule has 10 nitrogen and oxygen atoms in total. The molecule has 0 bridgehead atoms. The van der Waals surface area contributed by atoms with Crippen LogP contribution in [-0.2, 0) is 14.4 Å². The number of nitrogens with zero attached hydrogens (tertiary/aromatic N) is 1. The van der Waals surface area contributed by atoms with Crippen molar-refractivity contribution >= 4 is 17.9 Å². The molecule has 4 atom stereocenters. The van der Waals surface area contributed by atoms with Gasteiger partial charge in [0.2, 0.25) is 0 Å². The molecular formula is C17H35N3O7. The zero-order chi connectivity index (χ0) is 21.7. The molecule has 0 aromatic heterocycles. The molecule has 0 aliphatic carbocycles. The standard InChI is InChI=1S/2C6H13NO2.C5H9NO3/c1-4(2)3-5(7)6(8)9;1-3-4(2)5(7)6(8)9;7-5(8)4-2-1-3-6(4)9/h2*4-5H,3,7H2,1-2H3,(H,8,9);4,9H,1-3H2,(H,7,8). The van der Waals surface area contributed by atoms with E-state index in [-0.39, 0.29) is 5.92 Å². The Hall–Kier alpha value is -1.75. The van der Waals surface area contributed by atoms with Crippen LogP contribution in [0.15, 0.2) is 0 Å². The van der Waals surface area contributed by atoms with Gasteiger partial charge in [-0.2, -0.15) is 5.06 Å². The fourth-order valence-electron chi connectivity index (χ4n) is 2.11. The average Bonchev–Trinajstić information content (AvgIpc) is 3.00. The lowest BCUT2D eigenvalue weighted by molar-refractivity contribution is -0.161. The van der Waals surface area contributed by atoms with Gasteiger partial charge < -0.3 is 32.0 Å². The summed E-state index contributed by atoms with van der Waals surface area (Å²) in [5.41, 5.74) is 10.5. The summed E-state index contributed by atoms with van der Waals surface area (Å²) in [6.07, 6.45) is 2.70. The van der Waals surface area contributed by atoms with Crippen molar-refractivity contribution in [2.24, 2.45) is 23.3 Å². The Morgan fingerprint density at radius 1 is 1.07 bits per heavy atom. The molecule has 0 spiro atoms. The molecule has 10 heteroatoms. The van der Waals surface area contributed by atoms with Crippen LogP contribution in [0, 0.1) is 11.8 Å². The second-order valence-corrected chi connectivity index (χ2v) is 6.98. The lowest BCUT2D eigenvalue weighted by Crippen LogP contribution is -2.36. The highest BCUT2D eigenvalue weighted by molar-refractivity contribution is 5.74. The number of hydrogen-bond donors (Lipinski definition) is 6. The van der Waals surface area contributed by atoms with E-state index in [1.807, 2.05) is 27.7 Å². The summed E-state index contributed by atoms with van der Waals surface area (Å²) in [5.74, 6) is -2.33. The largest absolute Gasteiger partial charge is 0.480 e. The summed E-state index contributed by atoms with van der Waals surface area (Å²) >= 11 is 0. The summed E-state index contributed by atoms with van der Waals surface area (Å²) in [7, 11) is 0. The van der Waals surface area contributed by atoms with E-state index in [0.717, 1.165) is 17.9 Å². The molecule has 0 saturated carbocycles. The number of carboxylic acids is 3. The molecule has 1 rings (SSSR count). The van der Waals surface area contributed by atoms with E-state index in [0.29, 0.717) is 25.3 Å². The normalized spacial score (nSPS) is 19.8. The SMILES string of the molecule is CC(C)CC(N)C(=O)O.CCC(C)C(N)C(=O)O.O=C(O)C1CCCN1O. The molecule has 1 fully saturated rings. The van der Waals surface area contributed by atoms with E-state index >= 15 is 0 Å². The minimum absolute atomic E-state index is 0.0718. The van der Waals surface area contributed by atoms with Crippen molar-refractivity contribution in [3.63, 3.8) is 0 Å². The van der Waals surface area contributed by atoms with Gasteiger partial charge in [-0.15, -0.1) is 0 Å². The van der Waals surface area contributed by atoms with Crippen LogP contribution in [0.3, 0.4) is 0 Å². The van der Waals surface area contributed by atoms with Crippen LogP contribution in [-0.4, -0.2) is 68.2 Å². The molecule has 0 amide bonds. The van der Waals surface area contributed by atoms with Gasteiger partial charge in [0.15, 0.2) is 0 Å². The molecule has 160 valence electrons. The highest BCUT2D eigenvalue weighted by Gasteiger charge is 2.28. The molecule has 27 heavy (non-hydrogen) atoms. The highest BCUT2D eigenvalue weighted by atomic mass is 16.5. The zero-order valence-electron chi connectivity index (χ0n) is 16.5. The average molecular weight is 393 g/mol. The topological polar surface area (TPSA) is 187 Å². The van der Waals surface area contributed by atoms with Gasteiger partial charge in [-0.3, -0.25) is 14.4 Å². The van der Waals surface area contributed by atoms with Gasteiger partial charge in [-0.05, 0) is 31.1 Å². The maximum Gasteiger partial charge on any atom is 0.323 e. The van der Waals surface area contributed by atoms with Crippen molar-refractivity contribution in [1.82, 2.24) is 5.06 Å². The molecule has 4 unspecified atom stereocenters. The number of nitrogens with two attached hydrogens (primary N) is 2. The Balaban J connectivity index is 0. The Labute approximate surface area is 160 Å². The molecule has 8 N–H and O–H groups in total. The van der Waals surface area contributed by atoms with Gasteiger partial charge in [0.05, 0.1) is 0 Å². The molecule has 1 heterocycles. The van der Waals surface area contributed by atoms with E-state index in [9.17, 15) is 14.4 Å². The van der Waals surface area contributed by atoms with E-state index < -0.39 is 36.0 Å². The Morgan fingerprint density at radius 3 is 1.74 bits per heavy atom. The monoisotopic (exact) mass is 393 g/mol. The first-order valence-electron chi connectivity index (χ1n) is 9.00. The van der Waals surface area contributed by atoms with E-state index in [2.05, 4.69) is 0 Å². The summed E-state index contributed by atoms with van der Waals surface area (Å²) in [6.45, 7) is 8.13. The first kappa shape index (κ1) is 27.5. The maximum absolute atomic E-state index is 10.2. The van der Waals surface area contributed by atoms with Crippen LogP contribution >= 0.6 is 0 Å². The Kier molecular flexibility index (Phi) is 14.6. The van der Waals surface area contributed by atoms with Gasteiger partial charge in [0.1, 0.15) is 18.1 Å². The Morgan fingerprint density at radius 2 is 1.59 bits per heavy atom. The number of hydrogen-bond acceptors (Lipinski definition) is 7. The van der Waals surface area contributed by atoms with E-state index in [4.69, 9.17) is 32.0 Å². The summed E-state index contributed by atoms with van der Waals surface area (Å²) < 4.78 is 0. The molecule has 0 aromatic carbocycles. The predicted molar refractivity (Wildman–Crippen MR) is 99.3 cm³/mol. The van der Waals surface area contributed by atoms with Crippen molar-refractivity contribution < 1.29 is 34.9 Å². The number of aliphatic carboxylic acids is 3. The smallest absolute Gasteiger partial charge is 0.323 e. The quantitative estimate of drug-likeness (QED) is 0.361. The fourth-order valence-corrected chi connectivity index (χ4v) is 2.11. The lowest BCUT2D eigenvalue weighted by Gasteiger charge is -2.11. The van der Waals surface area contributed by atoms with Crippen molar-refractivity contribution in [2.45, 2.75) is 71.5 Å². The van der Waals surface area contributed by atoms with Crippen LogP contribution in [0.25, 0.3) is 0 Å². The van der Waals surface area contributed by atoms with E-state index in [1.54, 1.807) is 0 Å². The maximum atomic E-state index is 10.2. The second-order valence-electron chi connectivity index (χ2n) is 6.98. The van der Waals surface area contributed by atoms with Crippen molar-refractivity contribution in [3.05, 3.63) is 0 Å². The highest BCUT2D eigenvalue weighted by Crippen LogP contribution is 2.13. The van der Waals surface area contributed by atoms with Gasteiger partial charge >= 0.3 is 17.9 Å². The van der Waals surface area contributed by atoms with Gasteiger partial charge in [-0.1, -0.05) is 34.1 Å². The number of rotatable bonds is 7. The van der Waals surface area contributed by atoms with Crippen molar-refractivity contribution in [2.75, 3.05) is 6.54 Å². The third kappa shape index (κ3) is 13.1. The molecule has 1 aliphatic heterocycles. The minimum Gasteiger partial charge on any atom is -0.480 e. The third-order valence-electron chi connectivity index (χ3n) is 4.09. The van der Waals surface area contributed by atoms with Crippen LogP contribution in [0.1, 0.15) is 53.4 Å². The zero-order valence-corrected chi connectivity index (χ0v) is 16.5. The third-order valence-corrected chi connectivity index (χ3v) is 4.09. The molecule has 1 aliphatic rings. The van der Waals surface area contributed by atoms with Crippen molar-refractivity contribution in [3.8, 4) is 0 Å². The number of carbonyl (C=O) groups is 3. The number of carboxylic acid groups (broad SMARTS) is 3. The van der Waals surface area contributed by atoms with Crippen LogP contribution in [0.2, 0.25) is 0 Å². The van der Waals surface area contributed by atoms with Gasteiger partial charge in [-0.25, -0.2) is 0 Å². The van der Waals surface area contributed by atoms with Crippen LogP contribution in [0.5, 0.6) is 0 Å². The van der Waals surface area contributed by atoms with Crippen molar-refractivity contribution in [1.29, 1.82) is 0 Å². The lowest BCUT2D eigenvalue weighted by atomic mass is 10.0. The molecular weight excluding hydrogens is 358 g/mol. The molecule has 0 radical (unpaired) electrons. The fraction of sp³-hybridized carbons (Fsp3) is 0.824. The first-order chi connectivity index (χ1) is 12.3. The van der Waals surface area contributed by atoms with E-state index in [1.165, 1.54) is 0 Å². The Bertz CT molecular complexity index is 460. The predicted octanol–water partition coefficient (Wildman–Crippen LogP) is 0.813. The van der Waals surface area contributed by atoms with Crippen LogP contribution < -0.4 is 11.5 Å².